The van der Waals surface area contributed by atoms with Crippen molar-refractivity contribution in [3.8, 4) is 18.0 Å². The summed E-state index contributed by atoms with van der Waals surface area (Å²) in [5.41, 5.74) is 2.45. The van der Waals surface area contributed by atoms with E-state index in [1.807, 2.05) is 13.0 Å². The molecule has 0 bridgehead atoms. The highest BCUT2D eigenvalue weighted by Crippen LogP contribution is 2.42. The summed E-state index contributed by atoms with van der Waals surface area (Å²) < 4.78 is 18.9. The van der Waals surface area contributed by atoms with E-state index in [9.17, 15) is 10.1 Å². The molecule has 14 heteroatoms. The van der Waals surface area contributed by atoms with Gasteiger partial charge in [0.15, 0.2) is 14.0 Å². The molecule has 0 spiro atoms. The molecule has 2 heterocycles. The Morgan fingerprint density at radius 3 is 2.30 bits per heavy atom. The van der Waals surface area contributed by atoms with E-state index >= 15 is 0 Å². The van der Waals surface area contributed by atoms with Gasteiger partial charge in [0, 0.05) is 12.4 Å². The van der Waals surface area contributed by atoms with Gasteiger partial charge in [0.25, 0.3) is 5.91 Å². The van der Waals surface area contributed by atoms with Gasteiger partial charge in [0.1, 0.15) is 40.4 Å². The predicted molar refractivity (Wildman–Crippen MR) is 182 cm³/mol. The fraction of sp³-hybridized carbons (Fsp3) is 0.424. The van der Waals surface area contributed by atoms with Crippen LogP contribution in [-0.4, -0.2) is 60.8 Å². The Labute approximate surface area is 282 Å². The van der Waals surface area contributed by atoms with Crippen LogP contribution in [0.3, 0.4) is 0 Å². The molecule has 0 saturated carbocycles. The van der Waals surface area contributed by atoms with E-state index < -0.39 is 20.3 Å². The van der Waals surface area contributed by atoms with Crippen molar-refractivity contribution < 1.29 is 24.0 Å². The minimum absolute atomic E-state index is 0.0434. The Hall–Kier alpha value is -4.24. The Morgan fingerprint density at radius 1 is 1.02 bits per heavy atom. The number of rotatable bonds is 16. The van der Waals surface area contributed by atoms with Crippen LogP contribution < -0.4 is 15.4 Å². The lowest BCUT2D eigenvalue weighted by molar-refractivity contribution is -0.483. The van der Waals surface area contributed by atoms with Crippen LogP contribution in [0.15, 0.2) is 42.9 Å². The van der Waals surface area contributed by atoms with Crippen LogP contribution in [-0.2, 0) is 14.0 Å². The van der Waals surface area contributed by atoms with Crippen molar-refractivity contribution >= 4 is 49.4 Å². The number of hydrogen-bond acceptors (Lipinski definition) is 10. The molecular weight excluding hydrogens is 636 g/mol. The molecule has 0 aliphatic heterocycles. The third-order valence-electron chi connectivity index (χ3n) is 7.97. The van der Waals surface area contributed by atoms with Crippen molar-refractivity contribution in [2.45, 2.75) is 77.3 Å². The number of quaternary nitrogens is 1. The summed E-state index contributed by atoms with van der Waals surface area (Å²) >= 11 is 6.38. The number of nitriles is 2. The molecule has 0 saturated heterocycles. The van der Waals surface area contributed by atoms with Gasteiger partial charge in [0.2, 0.25) is 17.8 Å². The Balaban J connectivity index is 1.88. The first-order chi connectivity index (χ1) is 22.4. The SMILES string of the molecule is CC(CO[Si](C(C)C)(C(C)C)C(C)C)OCC(Oc1ncnc([NH2+]c2c(Cl)cccc2C#N)c1C=N)C(=O)Nc1ccc(C#N)cn1. The molecule has 4 N–H and O–H groups in total. The maximum atomic E-state index is 13.6. The Kier molecular flexibility index (Phi) is 13.5. The number of carbonyl (C=O) groups is 1. The molecule has 2 atom stereocenters. The number of carbonyl (C=O) groups excluding carboxylic acids is 1. The topological polar surface area (TPSA) is 184 Å². The van der Waals surface area contributed by atoms with Crippen molar-refractivity contribution in [3.63, 3.8) is 0 Å². The lowest BCUT2D eigenvalue weighted by Gasteiger charge is -2.42. The summed E-state index contributed by atoms with van der Waals surface area (Å²) in [7, 11) is -2.15. The van der Waals surface area contributed by atoms with E-state index in [0.717, 1.165) is 6.21 Å². The highest BCUT2D eigenvalue weighted by atomic mass is 35.5. The number of nitrogens with one attached hydrogen (secondary N) is 2. The molecule has 248 valence electrons. The summed E-state index contributed by atoms with van der Waals surface area (Å²) in [6.07, 6.45) is 1.99. The zero-order valence-corrected chi connectivity index (χ0v) is 29.5. The standard InChI is InChI=1S/C33H41ClN8O4Si/c1-20(2)47(21(3)4,22(5)6)45-17-23(7)44-18-28(32(43)41-29-12-11-24(13-35)16-38-29)46-33-26(15-37)31(39-19-40-33)42-30-25(14-36)9-8-10-27(30)34/h8-12,15-16,19-23,28,37H,17-18H2,1-7H3,(H,38,41,43)(H,39,40,42)/p+1. The van der Waals surface area contributed by atoms with Gasteiger partial charge in [-0.2, -0.15) is 15.5 Å². The average Bonchev–Trinajstić information content (AvgIpc) is 3.04. The van der Waals surface area contributed by atoms with Crippen molar-refractivity contribution in [2.75, 3.05) is 18.5 Å². The summed E-state index contributed by atoms with van der Waals surface area (Å²) in [5.74, 6) is -0.142. The summed E-state index contributed by atoms with van der Waals surface area (Å²) in [4.78, 5) is 26.2. The quantitative estimate of drug-likeness (QED) is 0.0961. The van der Waals surface area contributed by atoms with Gasteiger partial charge in [-0.25, -0.2) is 9.97 Å². The number of amides is 1. The first kappa shape index (κ1) is 37.2. The average molecular weight is 678 g/mol. The van der Waals surface area contributed by atoms with Gasteiger partial charge in [-0.05, 0) is 47.8 Å². The first-order valence-corrected chi connectivity index (χ1v) is 17.9. The number of para-hydroxylation sites is 1. The first-order valence-electron chi connectivity index (χ1n) is 15.4. The molecule has 3 rings (SSSR count). The van der Waals surface area contributed by atoms with Crippen LogP contribution >= 0.6 is 11.6 Å². The summed E-state index contributed by atoms with van der Waals surface area (Å²) in [6.45, 7) is 15.3. The third-order valence-corrected chi connectivity index (χ3v) is 14.4. The zero-order valence-electron chi connectivity index (χ0n) is 27.7. The number of aromatic nitrogens is 3. The molecular formula is C33H42ClN8O4Si+. The molecule has 2 aromatic heterocycles. The van der Waals surface area contributed by atoms with Gasteiger partial charge < -0.3 is 24.6 Å². The lowest BCUT2D eigenvalue weighted by Crippen LogP contribution is -2.72. The maximum Gasteiger partial charge on any atom is 0.269 e. The number of ether oxygens (including phenoxy) is 2. The second-order valence-electron chi connectivity index (χ2n) is 12.0. The Bertz CT molecular complexity index is 1600. The molecule has 0 aliphatic rings. The number of nitrogens with two attached hydrogens (primary N) is 1. The van der Waals surface area contributed by atoms with Crippen molar-refractivity contribution in [1.82, 2.24) is 15.0 Å². The van der Waals surface area contributed by atoms with Gasteiger partial charge in [-0.3, -0.25) is 10.1 Å². The maximum absolute atomic E-state index is 13.6. The van der Waals surface area contributed by atoms with Crippen LogP contribution in [0.1, 0.15) is 65.2 Å². The van der Waals surface area contributed by atoms with Gasteiger partial charge >= 0.3 is 0 Å². The molecule has 0 fully saturated rings. The number of pyridine rings is 1. The Morgan fingerprint density at radius 2 is 1.72 bits per heavy atom. The van der Waals surface area contributed by atoms with Crippen LogP contribution in [0, 0.1) is 28.1 Å². The number of nitrogens with zero attached hydrogens (tertiary/aromatic N) is 5. The number of hydrogen-bond donors (Lipinski definition) is 3. The lowest BCUT2D eigenvalue weighted by atomic mass is 10.2. The zero-order chi connectivity index (χ0) is 34.7. The highest BCUT2D eigenvalue weighted by molar-refractivity contribution is 6.77. The van der Waals surface area contributed by atoms with Crippen molar-refractivity contribution in [1.29, 1.82) is 15.9 Å². The fourth-order valence-electron chi connectivity index (χ4n) is 5.75. The summed E-state index contributed by atoms with van der Waals surface area (Å²) in [5, 5.41) is 31.4. The molecule has 1 aromatic carbocycles. The van der Waals surface area contributed by atoms with E-state index in [-0.39, 0.29) is 35.8 Å². The minimum atomic E-state index is -2.15. The van der Waals surface area contributed by atoms with Crippen molar-refractivity contribution in [2.24, 2.45) is 0 Å². The number of benzene rings is 1. The van der Waals surface area contributed by atoms with E-state index in [0.29, 0.717) is 45.1 Å². The normalized spacial score (nSPS) is 12.8. The largest absolute Gasteiger partial charge is 0.461 e. The van der Waals surface area contributed by atoms with E-state index in [1.54, 1.807) is 23.5 Å². The van der Waals surface area contributed by atoms with Crippen LogP contribution in [0.5, 0.6) is 5.88 Å². The molecule has 0 radical (unpaired) electrons. The van der Waals surface area contributed by atoms with E-state index in [4.69, 9.17) is 36.2 Å². The van der Waals surface area contributed by atoms with Gasteiger partial charge in [-0.1, -0.05) is 59.2 Å². The van der Waals surface area contributed by atoms with Gasteiger partial charge in [0.05, 0.1) is 24.9 Å². The van der Waals surface area contributed by atoms with Gasteiger partial charge in [-0.15, -0.1) is 0 Å². The molecule has 12 nitrogen and oxygen atoms in total. The van der Waals surface area contributed by atoms with Crippen molar-refractivity contribution in [3.05, 3.63) is 64.6 Å². The van der Waals surface area contributed by atoms with E-state index in [2.05, 4.69) is 67.9 Å². The fourth-order valence-corrected chi connectivity index (χ4v) is 11.5. The van der Waals surface area contributed by atoms with E-state index in [1.165, 1.54) is 24.7 Å². The minimum Gasteiger partial charge on any atom is -0.461 e. The predicted octanol–water partition coefficient (Wildman–Crippen LogP) is 5.78. The molecule has 2 unspecified atom stereocenters. The molecule has 1 amide bonds. The highest BCUT2D eigenvalue weighted by Gasteiger charge is 2.45. The van der Waals surface area contributed by atoms with Crippen LogP contribution in [0.4, 0.5) is 17.3 Å². The second-order valence-corrected chi connectivity index (χ2v) is 17.9. The number of anilines is 1. The molecule has 47 heavy (non-hydrogen) atoms. The summed E-state index contributed by atoms with van der Waals surface area (Å²) in [6, 6.07) is 12.1. The molecule has 3 aromatic rings. The monoisotopic (exact) mass is 677 g/mol. The van der Waals surface area contributed by atoms with Crippen LogP contribution in [0.2, 0.25) is 21.6 Å². The number of halogens is 1. The second kappa shape index (κ2) is 17.1. The smallest absolute Gasteiger partial charge is 0.269 e. The van der Waals surface area contributed by atoms with Crippen LogP contribution in [0.25, 0.3) is 0 Å². The molecule has 0 aliphatic carbocycles. The third kappa shape index (κ3) is 9.19.